The van der Waals surface area contributed by atoms with Crippen molar-refractivity contribution >= 4 is 0 Å². The molecular weight excluding hydrogens is 244 g/mol. The van der Waals surface area contributed by atoms with E-state index in [-0.39, 0.29) is 6.04 Å². The number of benzene rings is 2. The highest BCUT2D eigenvalue weighted by atomic mass is 15.1. The second-order valence-electron chi connectivity index (χ2n) is 5.64. The Morgan fingerprint density at radius 3 is 2.15 bits per heavy atom. The quantitative estimate of drug-likeness (QED) is 0.920. The molecule has 1 heterocycles. The second kappa shape index (κ2) is 5.78. The number of rotatable bonds is 4. The summed E-state index contributed by atoms with van der Waals surface area (Å²) in [5, 5.41) is 0. The summed E-state index contributed by atoms with van der Waals surface area (Å²) < 4.78 is 0. The lowest BCUT2D eigenvalue weighted by molar-refractivity contribution is 0.266. The summed E-state index contributed by atoms with van der Waals surface area (Å²) in [7, 11) is 0. The number of nitrogens with two attached hydrogens (primary N) is 1. The van der Waals surface area contributed by atoms with E-state index in [0.717, 1.165) is 26.1 Å². The van der Waals surface area contributed by atoms with Crippen LogP contribution in [0.3, 0.4) is 0 Å². The molecule has 0 aliphatic carbocycles. The van der Waals surface area contributed by atoms with Crippen LogP contribution in [0.5, 0.6) is 0 Å². The van der Waals surface area contributed by atoms with Gasteiger partial charge in [0, 0.05) is 25.7 Å². The highest BCUT2D eigenvalue weighted by molar-refractivity contribution is 5.31. The fourth-order valence-corrected chi connectivity index (χ4v) is 2.92. The highest BCUT2D eigenvalue weighted by Gasteiger charge is 2.20. The molecule has 0 saturated heterocycles. The zero-order valence-corrected chi connectivity index (χ0v) is 12.0. The zero-order valence-electron chi connectivity index (χ0n) is 12.0. The first-order valence-corrected chi connectivity index (χ1v) is 7.40. The van der Waals surface area contributed by atoms with Crippen LogP contribution in [0.15, 0.2) is 48.5 Å². The highest BCUT2D eigenvalue weighted by Crippen LogP contribution is 2.24. The summed E-state index contributed by atoms with van der Waals surface area (Å²) in [6, 6.07) is 17.5. The fraction of sp³-hybridized carbons (Fsp3) is 0.333. The lowest BCUT2D eigenvalue weighted by Gasteiger charge is -2.20. The predicted molar refractivity (Wildman–Crippen MR) is 83.3 cm³/mol. The molecule has 2 nitrogen and oxygen atoms in total. The minimum absolute atomic E-state index is 0.0928. The average Bonchev–Trinajstić information content (AvgIpc) is 2.89. The molecule has 1 aliphatic heterocycles. The zero-order chi connectivity index (χ0) is 13.9. The molecule has 1 atom stereocenters. The first-order valence-electron chi connectivity index (χ1n) is 7.40. The van der Waals surface area contributed by atoms with Gasteiger partial charge in [0.1, 0.15) is 0 Å². The van der Waals surface area contributed by atoms with Crippen LogP contribution in [0, 0.1) is 0 Å². The summed E-state index contributed by atoms with van der Waals surface area (Å²) in [6.45, 7) is 5.14. The van der Waals surface area contributed by atoms with E-state index in [4.69, 9.17) is 5.73 Å². The Labute approximate surface area is 121 Å². The molecule has 1 unspecified atom stereocenters. The summed E-state index contributed by atoms with van der Waals surface area (Å²) in [4.78, 5) is 2.43. The number of aryl methyl sites for hydroxylation is 1. The third-order valence-corrected chi connectivity index (χ3v) is 4.18. The molecule has 0 amide bonds. The molecule has 0 saturated carbocycles. The minimum Gasteiger partial charge on any atom is -0.323 e. The SMILES string of the molecule is CCc1ccc(C(N)CN2Cc3ccccc3C2)cc1. The average molecular weight is 266 g/mol. The van der Waals surface area contributed by atoms with Crippen molar-refractivity contribution in [1.82, 2.24) is 4.90 Å². The summed E-state index contributed by atoms with van der Waals surface area (Å²) in [5.41, 5.74) is 11.9. The Morgan fingerprint density at radius 2 is 1.60 bits per heavy atom. The van der Waals surface area contributed by atoms with Crippen LogP contribution < -0.4 is 5.73 Å². The monoisotopic (exact) mass is 266 g/mol. The van der Waals surface area contributed by atoms with Gasteiger partial charge < -0.3 is 5.73 Å². The van der Waals surface area contributed by atoms with Gasteiger partial charge in [-0.1, -0.05) is 55.5 Å². The van der Waals surface area contributed by atoms with Gasteiger partial charge in [-0.25, -0.2) is 0 Å². The number of nitrogens with zero attached hydrogens (tertiary/aromatic N) is 1. The van der Waals surface area contributed by atoms with Crippen LogP contribution in [-0.2, 0) is 19.5 Å². The summed E-state index contributed by atoms with van der Waals surface area (Å²) in [6.07, 6.45) is 1.08. The van der Waals surface area contributed by atoms with Crippen molar-refractivity contribution in [3.63, 3.8) is 0 Å². The van der Waals surface area contributed by atoms with Crippen LogP contribution >= 0.6 is 0 Å². The molecule has 0 radical (unpaired) electrons. The van der Waals surface area contributed by atoms with Gasteiger partial charge in [-0.05, 0) is 28.7 Å². The van der Waals surface area contributed by atoms with Crippen molar-refractivity contribution in [3.05, 3.63) is 70.8 Å². The van der Waals surface area contributed by atoms with Crippen molar-refractivity contribution in [2.24, 2.45) is 5.73 Å². The van der Waals surface area contributed by atoms with Crippen molar-refractivity contribution in [2.75, 3.05) is 6.54 Å². The van der Waals surface area contributed by atoms with E-state index in [2.05, 4.69) is 60.4 Å². The predicted octanol–water partition coefficient (Wildman–Crippen LogP) is 3.26. The van der Waals surface area contributed by atoms with Gasteiger partial charge in [-0.2, -0.15) is 0 Å². The Morgan fingerprint density at radius 1 is 1.00 bits per heavy atom. The van der Waals surface area contributed by atoms with Crippen molar-refractivity contribution in [2.45, 2.75) is 32.5 Å². The first kappa shape index (κ1) is 13.3. The smallest absolute Gasteiger partial charge is 0.0424 e. The molecule has 104 valence electrons. The molecular formula is C18H22N2. The molecule has 2 N–H and O–H groups in total. The number of fused-ring (bicyclic) bond motifs is 1. The molecule has 2 heteroatoms. The Balaban J connectivity index is 1.64. The Bertz CT molecular complexity index is 549. The van der Waals surface area contributed by atoms with Gasteiger partial charge in [0.25, 0.3) is 0 Å². The van der Waals surface area contributed by atoms with Gasteiger partial charge in [-0.3, -0.25) is 4.90 Å². The van der Waals surface area contributed by atoms with E-state index < -0.39 is 0 Å². The maximum absolute atomic E-state index is 6.36. The van der Waals surface area contributed by atoms with E-state index in [1.54, 1.807) is 0 Å². The standard InChI is InChI=1S/C18H22N2/c1-2-14-7-9-15(10-8-14)18(19)13-20-11-16-5-3-4-6-17(16)12-20/h3-10,18H,2,11-13,19H2,1H3. The molecule has 0 bridgehead atoms. The summed E-state index contributed by atoms with van der Waals surface area (Å²) >= 11 is 0. The van der Waals surface area contributed by atoms with Gasteiger partial charge >= 0.3 is 0 Å². The topological polar surface area (TPSA) is 29.3 Å². The van der Waals surface area contributed by atoms with Crippen LogP contribution in [0.2, 0.25) is 0 Å². The molecule has 0 spiro atoms. The largest absolute Gasteiger partial charge is 0.323 e. The van der Waals surface area contributed by atoms with E-state index in [1.807, 2.05) is 0 Å². The van der Waals surface area contributed by atoms with Gasteiger partial charge in [0.05, 0.1) is 0 Å². The molecule has 0 aromatic heterocycles. The minimum atomic E-state index is 0.0928. The van der Waals surface area contributed by atoms with E-state index in [1.165, 1.54) is 22.3 Å². The van der Waals surface area contributed by atoms with E-state index in [0.29, 0.717) is 0 Å². The number of hydrogen-bond acceptors (Lipinski definition) is 2. The first-order chi connectivity index (χ1) is 9.76. The third kappa shape index (κ3) is 2.77. The molecule has 2 aromatic carbocycles. The van der Waals surface area contributed by atoms with Gasteiger partial charge in [0.15, 0.2) is 0 Å². The van der Waals surface area contributed by atoms with E-state index in [9.17, 15) is 0 Å². The fourth-order valence-electron chi connectivity index (χ4n) is 2.92. The van der Waals surface area contributed by atoms with Gasteiger partial charge in [0.2, 0.25) is 0 Å². The molecule has 2 aromatic rings. The van der Waals surface area contributed by atoms with Gasteiger partial charge in [-0.15, -0.1) is 0 Å². The lowest BCUT2D eigenvalue weighted by atomic mass is 10.0. The second-order valence-corrected chi connectivity index (χ2v) is 5.64. The van der Waals surface area contributed by atoms with Crippen LogP contribution in [-0.4, -0.2) is 11.4 Å². The Kier molecular flexibility index (Phi) is 3.86. The molecule has 20 heavy (non-hydrogen) atoms. The van der Waals surface area contributed by atoms with Crippen LogP contribution in [0.1, 0.15) is 35.2 Å². The Hall–Kier alpha value is -1.64. The third-order valence-electron chi connectivity index (χ3n) is 4.18. The van der Waals surface area contributed by atoms with Crippen molar-refractivity contribution < 1.29 is 0 Å². The molecule has 0 fully saturated rings. The lowest BCUT2D eigenvalue weighted by Crippen LogP contribution is -2.28. The maximum atomic E-state index is 6.36. The molecule has 3 rings (SSSR count). The van der Waals surface area contributed by atoms with Crippen molar-refractivity contribution in [3.8, 4) is 0 Å². The van der Waals surface area contributed by atoms with Crippen LogP contribution in [0.25, 0.3) is 0 Å². The van der Waals surface area contributed by atoms with Crippen molar-refractivity contribution in [1.29, 1.82) is 0 Å². The number of hydrogen-bond donors (Lipinski definition) is 1. The maximum Gasteiger partial charge on any atom is 0.0424 e. The normalized spacial score (nSPS) is 16.1. The molecule has 1 aliphatic rings. The summed E-state index contributed by atoms with van der Waals surface area (Å²) in [5.74, 6) is 0. The van der Waals surface area contributed by atoms with Crippen LogP contribution in [0.4, 0.5) is 0 Å². The van der Waals surface area contributed by atoms with E-state index >= 15 is 0 Å².